The summed E-state index contributed by atoms with van der Waals surface area (Å²) in [6.07, 6.45) is 6.38. The van der Waals surface area contributed by atoms with Crippen LogP contribution in [0.25, 0.3) is 0 Å². The Morgan fingerprint density at radius 2 is 2.36 bits per heavy atom. The Hall–Kier alpha value is -0.590. The standard InChI is InChI=1S/C10H14O/c1-2-3-7-4-5-8-6-9(8)10(7)11/h2,7-9H,1,3-6H2/t7-,8-,9-/m0/s1. The SMILES string of the molecule is C=CC[C@H]1CC[C@H]2C[C@@H]2C1=O. The lowest BCUT2D eigenvalue weighted by molar-refractivity contribution is -0.125. The lowest BCUT2D eigenvalue weighted by Crippen LogP contribution is -2.20. The first-order chi connectivity index (χ1) is 5.33. The maximum absolute atomic E-state index is 11.5. The fourth-order valence-electron chi connectivity index (χ4n) is 2.21. The van der Waals surface area contributed by atoms with Crippen molar-refractivity contribution in [3.63, 3.8) is 0 Å². The maximum Gasteiger partial charge on any atom is 0.139 e. The zero-order chi connectivity index (χ0) is 7.84. The summed E-state index contributed by atoms with van der Waals surface area (Å²) in [4.78, 5) is 11.5. The van der Waals surface area contributed by atoms with Gasteiger partial charge in [0.25, 0.3) is 0 Å². The highest BCUT2D eigenvalue weighted by Crippen LogP contribution is 2.49. The molecule has 0 heterocycles. The van der Waals surface area contributed by atoms with Gasteiger partial charge >= 0.3 is 0 Å². The minimum atomic E-state index is 0.330. The summed E-state index contributed by atoms with van der Waals surface area (Å²) in [5.74, 6) is 2.11. The van der Waals surface area contributed by atoms with Crippen LogP contribution in [0.5, 0.6) is 0 Å². The lowest BCUT2D eigenvalue weighted by Gasteiger charge is -2.17. The van der Waals surface area contributed by atoms with Crippen molar-refractivity contribution in [2.75, 3.05) is 0 Å². The van der Waals surface area contributed by atoms with Gasteiger partial charge in [0.1, 0.15) is 5.78 Å². The van der Waals surface area contributed by atoms with Crippen LogP contribution in [0.1, 0.15) is 25.7 Å². The van der Waals surface area contributed by atoms with Crippen LogP contribution in [0.4, 0.5) is 0 Å². The quantitative estimate of drug-likeness (QED) is 0.551. The van der Waals surface area contributed by atoms with Crippen LogP contribution >= 0.6 is 0 Å². The molecule has 0 N–H and O–H groups in total. The van der Waals surface area contributed by atoms with Gasteiger partial charge in [-0.05, 0) is 31.6 Å². The molecule has 1 heteroatoms. The number of hydrogen-bond donors (Lipinski definition) is 0. The Morgan fingerprint density at radius 1 is 1.55 bits per heavy atom. The van der Waals surface area contributed by atoms with Gasteiger partial charge < -0.3 is 0 Å². The van der Waals surface area contributed by atoms with E-state index in [1.54, 1.807) is 0 Å². The van der Waals surface area contributed by atoms with Gasteiger partial charge in [0.05, 0.1) is 0 Å². The topological polar surface area (TPSA) is 17.1 Å². The zero-order valence-electron chi connectivity index (χ0n) is 6.75. The molecule has 2 rings (SSSR count). The summed E-state index contributed by atoms with van der Waals surface area (Å²) in [7, 11) is 0. The van der Waals surface area contributed by atoms with Gasteiger partial charge in [-0.25, -0.2) is 0 Å². The van der Waals surface area contributed by atoms with Crippen molar-refractivity contribution < 1.29 is 4.79 Å². The first-order valence-corrected chi connectivity index (χ1v) is 4.47. The van der Waals surface area contributed by atoms with E-state index in [1.165, 1.54) is 12.8 Å². The molecule has 0 aromatic rings. The summed E-state index contributed by atoms with van der Waals surface area (Å²) in [5.41, 5.74) is 0. The number of hydrogen-bond acceptors (Lipinski definition) is 1. The van der Waals surface area contributed by atoms with Crippen LogP contribution in [-0.4, -0.2) is 5.78 Å². The van der Waals surface area contributed by atoms with Crippen LogP contribution in [0, 0.1) is 17.8 Å². The number of allylic oxidation sites excluding steroid dienone is 1. The van der Waals surface area contributed by atoms with Gasteiger partial charge in [-0.15, -0.1) is 6.58 Å². The van der Waals surface area contributed by atoms with Gasteiger partial charge in [-0.1, -0.05) is 6.08 Å². The van der Waals surface area contributed by atoms with Crippen molar-refractivity contribution in [1.29, 1.82) is 0 Å². The van der Waals surface area contributed by atoms with Crippen molar-refractivity contribution in [1.82, 2.24) is 0 Å². The average molecular weight is 150 g/mol. The number of fused-ring (bicyclic) bond motifs is 1. The molecule has 0 aliphatic heterocycles. The number of carbonyl (C=O) groups excluding carboxylic acids is 1. The summed E-state index contributed by atoms with van der Waals surface area (Å²) in [5, 5.41) is 0. The summed E-state index contributed by atoms with van der Waals surface area (Å²) >= 11 is 0. The molecule has 0 radical (unpaired) electrons. The number of rotatable bonds is 2. The van der Waals surface area contributed by atoms with E-state index in [9.17, 15) is 4.79 Å². The van der Waals surface area contributed by atoms with Gasteiger partial charge in [-0.3, -0.25) is 4.79 Å². The molecule has 0 bridgehead atoms. The minimum Gasteiger partial charge on any atom is -0.299 e. The van der Waals surface area contributed by atoms with Gasteiger partial charge in [0, 0.05) is 11.8 Å². The third-order valence-corrected chi connectivity index (χ3v) is 3.03. The average Bonchev–Trinajstić information content (AvgIpc) is 2.75. The first kappa shape index (κ1) is 7.08. The number of Topliss-reactive ketones (excluding diaryl/α,β-unsaturated/α-hetero) is 1. The highest BCUT2D eigenvalue weighted by atomic mass is 16.1. The molecule has 2 aliphatic carbocycles. The van der Waals surface area contributed by atoms with Crippen LogP contribution < -0.4 is 0 Å². The molecule has 0 unspecified atom stereocenters. The molecule has 3 atom stereocenters. The summed E-state index contributed by atoms with van der Waals surface area (Å²) in [6.45, 7) is 3.68. The predicted octanol–water partition coefficient (Wildman–Crippen LogP) is 2.18. The first-order valence-electron chi connectivity index (χ1n) is 4.47. The Labute approximate surface area is 67.5 Å². The van der Waals surface area contributed by atoms with E-state index in [0.717, 1.165) is 18.8 Å². The molecule has 0 aromatic carbocycles. The Bertz CT molecular complexity index is 195. The van der Waals surface area contributed by atoms with Crippen molar-refractivity contribution in [3.05, 3.63) is 12.7 Å². The third-order valence-electron chi connectivity index (χ3n) is 3.03. The molecule has 2 fully saturated rings. The van der Waals surface area contributed by atoms with Gasteiger partial charge in [-0.2, -0.15) is 0 Å². The minimum absolute atomic E-state index is 0.330. The molecular formula is C10H14O. The number of carbonyl (C=O) groups is 1. The van der Waals surface area contributed by atoms with E-state index in [1.807, 2.05) is 6.08 Å². The monoisotopic (exact) mass is 150 g/mol. The van der Waals surface area contributed by atoms with Crippen molar-refractivity contribution in [2.45, 2.75) is 25.7 Å². The normalized spacial score (nSPS) is 41.5. The summed E-state index contributed by atoms with van der Waals surface area (Å²) < 4.78 is 0. The highest BCUT2D eigenvalue weighted by Gasteiger charge is 2.48. The predicted molar refractivity (Wildman–Crippen MR) is 44.1 cm³/mol. The van der Waals surface area contributed by atoms with E-state index >= 15 is 0 Å². The van der Waals surface area contributed by atoms with Gasteiger partial charge in [0.15, 0.2) is 0 Å². The van der Waals surface area contributed by atoms with Crippen LogP contribution in [-0.2, 0) is 4.79 Å². The second-order valence-corrected chi connectivity index (χ2v) is 3.80. The lowest BCUT2D eigenvalue weighted by atomic mass is 9.86. The Morgan fingerprint density at radius 3 is 3.09 bits per heavy atom. The maximum atomic E-state index is 11.5. The van der Waals surface area contributed by atoms with Gasteiger partial charge in [0.2, 0.25) is 0 Å². The van der Waals surface area contributed by atoms with E-state index in [2.05, 4.69) is 6.58 Å². The fraction of sp³-hybridized carbons (Fsp3) is 0.700. The Kier molecular flexibility index (Phi) is 1.59. The highest BCUT2D eigenvalue weighted by molar-refractivity contribution is 5.87. The zero-order valence-corrected chi connectivity index (χ0v) is 6.75. The van der Waals surface area contributed by atoms with E-state index in [0.29, 0.717) is 17.6 Å². The molecule has 2 saturated carbocycles. The van der Waals surface area contributed by atoms with E-state index in [4.69, 9.17) is 0 Å². The van der Waals surface area contributed by atoms with E-state index < -0.39 is 0 Å². The van der Waals surface area contributed by atoms with Crippen molar-refractivity contribution in [2.24, 2.45) is 17.8 Å². The fourth-order valence-corrected chi connectivity index (χ4v) is 2.21. The van der Waals surface area contributed by atoms with Crippen molar-refractivity contribution >= 4 is 5.78 Å². The molecule has 1 nitrogen and oxygen atoms in total. The third kappa shape index (κ3) is 1.13. The largest absolute Gasteiger partial charge is 0.299 e. The van der Waals surface area contributed by atoms with Crippen LogP contribution in [0.15, 0.2) is 12.7 Å². The van der Waals surface area contributed by atoms with Crippen molar-refractivity contribution in [3.8, 4) is 0 Å². The molecule has 60 valence electrons. The van der Waals surface area contributed by atoms with E-state index in [-0.39, 0.29) is 0 Å². The second kappa shape index (κ2) is 2.47. The Balaban J connectivity index is 1.99. The molecule has 11 heavy (non-hydrogen) atoms. The number of ketones is 1. The molecule has 0 aromatic heterocycles. The molecule has 0 amide bonds. The second-order valence-electron chi connectivity index (χ2n) is 3.80. The molecule has 0 saturated heterocycles. The van der Waals surface area contributed by atoms with Crippen LogP contribution in [0.2, 0.25) is 0 Å². The smallest absolute Gasteiger partial charge is 0.139 e. The summed E-state index contributed by atoms with van der Waals surface area (Å²) in [6, 6.07) is 0. The van der Waals surface area contributed by atoms with Crippen LogP contribution in [0.3, 0.4) is 0 Å². The molecule has 2 aliphatic rings. The molecular weight excluding hydrogens is 136 g/mol. The molecule has 0 spiro atoms.